The first kappa shape index (κ1) is 73.6. The zero-order valence-electron chi connectivity index (χ0n) is 51.0. The molecular weight excluding hydrogens is 949 g/mol. The predicted octanol–water partition coefficient (Wildman–Crippen LogP) is 22.7. The van der Waals surface area contributed by atoms with Crippen molar-refractivity contribution in [1.82, 2.24) is 0 Å². The van der Waals surface area contributed by atoms with Gasteiger partial charge in [0.05, 0.1) is 0 Å². The number of carbonyl (C=O) groups is 3. The molecule has 0 heterocycles. The molecular formula is C71H124O6. The van der Waals surface area contributed by atoms with E-state index in [2.05, 4.69) is 106 Å². The molecule has 0 rings (SSSR count). The molecule has 1 unspecified atom stereocenters. The number of carbonyl (C=O) groups excluding carboxylic acids is 3. The van der Waals surface area contributed by atoms with Gasteiger partial charge in [0.15, 0.2) is 6.10 Å². The Labute approximate surface area is 477 Å². The highest BCUT2D eigenvalue weighted by Gasteiger charge is 2.19. The summed E-state index contributed by atoms with van der Waals surface area (Å²) in [7, 11) is 0. The molecule has 6 heteroatoms. The van der Waals surface area contributed by atoms with Crippen LogP contribution in [-0.2, 0) is 28.6 Å². The van der Waals surface area contributed by atoms with E-state index < -0.39 is 6.10 Å². The zero-order valence-corrected chi connectivity index (χ0v) is 51.0. The third kappa shape index (κ3) is 63.3. The van der Waals surface area contributed by atoms with Crippen LogP contribution >= 0.6 is 0 Å². The molecule has 6 nitrogen and oxygen atoms in total. The lowest BCUT2D eigenvalue weighted by atomic mass is 10.0. The number of hydrogen-bond acceptors (Lipinski definition) is 6. The molecule has 0 radical (unpaired) electrons. The highest BCUT2D eigenvalue weighted by molar-refractivity contribution is 5.71. The summed E-state index contributed by atoms with van der Waals surface area (Å²) in [5.41, 5.74) is 0. The predicted molar refractivity (Wildman–Crippen MR) is 334 cm³/mol. The van der Waals surface area contributed by atoms with E-state index in [0.717, 1.165) is 89.9 Å². The van der Waals surface area contributed by atoms with Crippen LogP contribution in [0.15, 0.2) is 85.1 Å². The molecule has 1 atom stereocenters. The van der Waals surface area contributed by atoms with Gasteiger partial charge in [0.2, 0.25) is 0 Å². The SMILES string of the molecule is CC/C=C\C/C=C\C/C=C\C/C=C\C/C=C\C/C=C\C/C=C\CCCC(=O)OCC(COC(=O)CCCCCCCCCCCCCCCC)OC(=O)CCCCCCCCCCCCCCCCCCCCCCCC. The lowest BCUT2D eigenvalue weighted by Gasteiger charge is -2.18. The standard InChI is InChI=1S/C71H124O6/c1-4-7-10-13-16-19-22-25-28-30-32-34-36-38-39-41-43-46-49-52-55-58-61-64-70(73)76-67-68(66-75-69(72)63-60-57-54-51-48-45-27-24-21-18-15-12-9-6-3)77-71(74)65-62-59-56-53-50-47-44-42-40-37-35-33-31-29-26-23-20-17-14-11-8-5-2/h7,10,16,19,25,28,32,34,38-39,43,46,52,55,68H,4-6,8-9,11-15,17-18,20-24,26-27,29-31,33,35-37,40-42,44-45,47-51,53-54,56-67H2,1-3H3/b10-7-,19-16-,28-25-,34-32-,39-38-,46-43-,55-52-. The number of hydrogen-bond donors (Lipinski definition) is 0. The average Bonchev–Trinajstić information content (AvgIpc) is 3.43. The van der Waals surface area contributed by atoms with Gasteiger partial charge in [-0.1, -0.05) is 324 Å². The highest BCUT2D eigenvalue weighted by Crippen LogP contribution is 2.17. The zero-order chi connectivity index (χ0) is 55.7. The van der Waals surface area contributed by atoms with Crippen molar-refractivity contribution >= 4 is 17.9 Å². The Morgan fingerprint density at radius 3 is 0.792 bits per heavy atom. The van der Waals surface area contributed by atoms with Crippen LogP contribution in [0.3, 0.4) is 0 Å². The van der Waals surface area contributed by atoms with E-state index in [1.54, 1.807) is 0 Å². The molecule has 0 aliphatic carbocycles. The van der Waals surface area contributed by atoms with E-state index in [1.807, 2.05) is 0 Å². The summed E-state index contributed by atoms with van der Waals surface area (Å²) in [4.78, 5) is 38.3. The average molecular weight is 1070 g/mol. The molecule has 0 saturated heterocycles. The van der Waals surface area contributed by atoms with Crippen LogP contribution < -0.4 is 0 Å². The fraction of sp³-hybridized carbons (Fsp3) is 0.761. The van der Waals surface area contributed by atoms with Crippen LogP contribution in [0.4, 0.5) is 0 Å². The van der Waals surface area contributed by atoms with Crippen molar-refractivity contribution < 1.29 is 28.6 Å². The van der Waals surface area contributed by atoms with Crippen LogP contribution in [0, 0.1) is 0 Å². The Bertz CT molecular complexity index is 1470. The maximum Gasteiger partial charge on any atom is 0.306 e. The molecule has 0 aliphatic rings. The molecule has 0 amide bonds. The summed E-state index contributed by atoms with van der Waals surface area (Å²) in [6.45, 7) is 6.53. The van der Waals surface area contributed by atoms with Crippen LogP contribution in [0.25, 0.3) is 0 Å². The number of unbranched alkanes of at least 4 members (excludes halogenated alkanes) is 35. The molecule has 77 heavy (non-hydrogen) atoms. The number of ether oxygens (including phenoxy) is 3. The molecule has 0 aliphatic heterocycles. The van der Waals surface area contributed by atoms with Crippen molar-refractivity contribution in [3.8, 4) is 0 Å². The topological polar surface area (TPSA) is 78.9 Å². The van der Waals surface area contributed by atoms with E-state index in [4.69, 9.17) is 14.2 Å². The molecule has 0 saturated carbocycles. The Hall–Kier alpha value is -3.41. The summed E-state index contributed by atoms with van der Waals surface area (Å²) in [5.74, 6) is -0.935. The second-order valence-corrected chi connectivity index (χ2v) is 22.0. The van der Waals surface area contributed by atoms with Gasteiger partial charge in [-0.05, 0) is 70.6 Å². The quantitative estimate of drug-likeness (QED) is 0.0261. The first-order chi connectivity index (χ1) is 38.0. The fourth-order valence-corrected chi connectivity index (χ4v) is 9.49. The van der Waals surface area contributed by atoms with Gasteiger partial charge in [0.25, 0.3) is 0 Å². The Morgan fingerprint density at radius 2 is 0.506 bits per heavy atom. The van der Waals surface area contributed by atoms with Crippen LogP contribution in [0.1, 0.15) is 329 Å². The van der Waals surface area contributed by atoms with Crippen molar-refractivity contribution in [2.75, 3.05) is 13.2 Å². The van der Waals surface area contributed by atoms with Gasteiger partial charge in [-0.3, -0.25) is 14.4 Å². The van der Waals surface area contributed by atoms with Crippen LogP contribution in [0.2, 0.25) is 0 Å². The lowest BCUT2D eigenvalue weighted by Crippen LogP contribution is -2.30. The van der Waals surface area contributed by atoms with E-state index in [1.165, 1.54) is 193 Å². The van der Waals surface area contributed by atoms with Gasteiger partial charge in [-0.25, -0.2) is 0 Å². The van der Waals surface area contributed by atoms with Crippen molar-refractivity contribution in [2.45, 2.75) is 335 Å². The summed E-state index contributed by atoms with van der Waals surface area (Å²) in [5, 5.41) is 0. The highest BCUT2D eigenvalue weighted by atomic mass is 16.6. The van der Waals surface area contributed by atoms with E-state index >= 15 is 0 Å². The van der Waals surface area contributed by atoms with E-state index in [9.17, 15) is 14.4 Å². The molecule has 0 aromatic carbocycles. The second-order valence-electron chi connectivity index (χ2n) is 22.0. The van der Waals surface area contributed by atoms with Crippen molar-refractivity contribution in [2.24, 2.45) is 0 Å². The maximum atomic E-state index is 12.9. The Balaban J connectivity index is 4.41. The van der Waals surface area contributed by atoms with Gasteiger partial charge < -0.3 is 14.2 Å². The van der Waals surface area contributed by atoms with Crippen molar-refractivity contribution in [1.29, 1.82) is 0 Å². The summed E-state index contributed by atoms with van der Waals surface area (Å²) in [6, 6.07) is 0. The van der Waals surface area contributed by atoms with E-state index in [0.29, 0.717) is 19.3 Å². The van der Waals surface area contributed by atoms with Gasteiger partial charge in [-0.15, -0.1) is 0 Å². The van der Waals surface area contributed by atoms with Crippen LogP contribution in [-0.4, -0.2) is 37.2 Å². The first-order valence-corrected chi connectivity index (χ1v) is 33.1. The van der Waals surface area contributed by atoms with Gasteiger partial charge in [0, 0.05) is 19.3 Å². The number of esters is 3. The monoisotopic (exact) mass is 1070 g/mol. The summed E-state index contributed by atoms with van der Waals surface area (Å²) < 4.78 is 16.9. The fourth-order valence-electron chi connectivity index (χ4n) is 9.49. The molecule has 0 N–H and O–H groups in total. The Morgan fingerprint density at radius 1 is 0.273 bits per heavy atom. The van der Waals surface area contributed by atoms with Gasteiger partial charge in [0.1, 0.15) is 13.2 Å². The third-order valence-electron chi connectivity index (χ3n) is 14.4. The third-order valence-corrected chi connectivity index (χ3v) is 14.4. The molecule has 0 aromatic heterocycles. The molecule has 0 fully saturated rings. The molecule has 0 bridgehead atoms. The molecule has 444 valence electrons. The normalized spacial score (nSPS) is 12.6. The van der Waals surface area contributed by atoms with Crippen molar-refractivity contribution in [3.63, 3.8) is 0 Å². The Kier molecular flexibility index (Phi) is 62.2. The lowest BCUT2D eigenvalue weighted by molar-refractivity contribution is -0.167. The van der Waals surface area contributed by atoms with Crippen molar-refractivity contribution in [3.05, 3.63) is 85.1 Å². The summed E-state index contributed by atoms with van der Waals surface area (Å²) >= 11 is 0. The minimum atomic E-state index is -0.798. The maximum absolute atomic E-state index is 12.9. The number of allylic oxidation sites excluding steroid dienone is 14. The van der Waals surface area contributed by atoms with Gasteiger partial charge in [-0.2, -0.15) is 0 Å². The largest absolute Gasteiger partial charge is 0.462 e. The van der Waals surface area contributed by atoms with E-state index in [-0.39, 0.29) is 37.5 Å². The summed E-state index contributed by atoms with van der Waals surface area (Å²) in [6.07, 6.45) is 86.0. The minimum absolute atomic E-state index is 0.0901. The number of rotatable bonds is 60. The minimum Gasteiger partial charge on any atom is -0.462 e. The van der Waals surface area contributed by atoms with Crippen LogP contribution in [0.5, 0.6) is 0 Å². The molecule has 0 aromatic rings. The molecule has 0 spiro atoms. The second kappa shape index (κ2) is 65.1. The smallest absolute Gasteiger partial charge is 0.306 e. The first-order valence-electron chi connectivity index (χ1n) is 33.1. The van der Waals surface area contributed by atoms with Gasteiger partial charge >= 0.3 is 17.9 Å².